The molecule has 2 aromatic carbocycles. The van der Waals surface area contributed by atoms with Crippen LogP contribution in [-0.4, -0.2) is 0 Å². The quantitative estimate of drug-likeness (QED) is 0.507. The lowest BCUT2D eigenvalue weighted by Gasteiger charge is -2.29. The largest absolute Gasteiger partial charge is 0.207 e. The van der Waals surface area contributed by atoms with Crippen molar-refractivity contribution in [3.63, 3.8) is 0 Å². The van der Waals surface area contributed by atoms with E-state index in [1.807, 2.05) is 0 Å². The second kappa shape index (κ2) is 8.14. The van der Waals surface area contributed by atoms with Gasteiger partial charge in [0.2, 0.25) is 0 Å². The van der Waals surface area contributed by atoms with E-state index in [-0.39, 0.29) is 11.7 Å². The normalized spacial score (nSPS) is 21.9. The number of rotatable bonds is 4. The molecule has 0 bridgehead atoms. The maximum atomic E-state index is 15.0. The first kappa shape index (κ1) is 19.3. The fourth-order valence-electron chi connectivity index (χ4n) is 4.97. The highest BCUT2D eigenvalue weighted by molar-refractivity contribution is 5.84. The van der Waals surface area contributed by atoms with E-state index in [4.69, 9.17) is 0 Å². The fraction of sp³-hybridized carbons (Fsp3) is 0.440. The third-order valence-corrected chi connectivity index (χ3v) is 6.54. The van der Waals surface area contributed by atoms with Crippen LogP contribution in [0.3, 0.4) is 0 Å². The predicted octanol–water partition coefficient (Wildman–Crippen LogP) is 7.66. The summed E-state index contributed by atoms with van der Waals surface area (Å²) in [4.78, 5) is 0. The van der Waals surface area contributed by atoms with Crippen molar-refractivity contribution in [2.75, 3.05) is 0 Å². The highest BCUT2D eigenvalue weighted by Crippen LogP contribution is 2.40. The molecule has 3 heteroatoms. The van der Waals surface area contributed by atoms with E-state index < -0.39 is 11.6 Å². The van der Waals surface area contributed by atoms with Crippen LogP contribution < -0.4 is 0 Å². The number of hydrogen-bond donors (Lipinski definition) is 0. The number of aryl methyl sites for hydroxylation is 1. The van der Waals surface area contributed by atoms with Gasteiger partial charge in [0.25, 0.3) is 0 Å². The van der Waals surface area contributed by atoms with Crippen molar-refractivity contribution in [2.24, 2.45) is 5.92 Å². The van der Waals surface area contributed by atoms with Crippen LogP contribution in [0.1, 0.15) is 80.0 Å². The van der Waals surface area contributed by atoms with Crippen molar-refractivity contribution in [1.29, 1.82) is 0 Å². The summed E-state index contributed by atoms with van der Waals surface area (Å²) in [6.45, 7) is 2.20. The Bertz CT molecular complexity index is 889. The maximum Gasteiger partial charge on any atom is 0.166 e. The zero-order valence-electron chi connectivity index (χ0n) is 16.4. The first-order valence-corrected chi connectivity index (χ1v) is 10.5. The average Bonchev–Trinajstić information content (AvgIpc) is 2.70. The van der Waals surface area contributed by atoms with Crippen molar-refractivity contribution >= 4 is 11.6 Å². The van der Waals surface area contributed by atoms with Gasteiger partial charge in [-0.2, -0.15) is 0 Å². The minimum Gasteiger partial charge on any atom is -0.207 e. The van der Waals surface area contributed by atoms with Gasteiger partial charge in [0, 0.05) is 5.56 Å². The van der Waals surface area contributed by atoms with Gasteiger partial charge in [0.1, 0.15) is 5.82 Å². The predicted molar refractivity (Wildman–Crippen MR) is 109 cm³/mol. The lowest BCUT2D eigenvalue weighted by Crippen LogP contribution is -2.15. The standard InChI is InChI=1S/C25H27F3/c1-2-3-16-4-6-18(7-5-16)22-12-13-23(25(28)24(22)27)19-9-8-17-10-11-21(26)15-20(17)14-19/h10-16,18H,2-9H2,1H3. The Kier molecular flexibility index (Phi) is 5.61. The van der Waals surface area contributed by atoms with E-state index in [2.05, 4.69) is 6.92 Å². The van der Waals surface area contributed by atoms with Crippen LogP contribution in [0.25, 0.3) is 11.6 Å². The van der Waals surface area contributed by atoms with Crippen LogP contribution in [-0.2, 0) is 6.42 Å². The molecular formula is C25H27F3. The highest BCUT2D eigenvalue weighted by Gasteiger charge is 2.27. The Morgan fingerprint density at radius 2 is 1.68 bits per heavy atom. The van der Waals surface area contributed by atoms with Gasteiger partial charge in [-0.1, -0.05) is 44.0 Å². The topological polar surface area (TPSA) is 0 Å². The zero-order valence-corrected chi connectivity index (χ0v) is 16.4. The monoisotopic (exact) mass is 384 g/mol. The Morgan fingerprint density at radius 1 is 0.893 bits per heavy atom. The molecule has 0 radical (unpaired) electrons. The van der Waals surface area contributed by atoms with Crippen LogP contribution in [0.4, 0.5) is 13.2 Å². The fourth-order valence-corrected chi connectivity index (χ4v) is 4.97. The lowest BCUT2D eigenvalue weighted by molar-refractivity contribution is 0.303. The van der Waals surface area contributed by atoms with Crippen LogP contribution in [0, 0.1) is 23.4 Å². The summed E-state index contributed by atoms with van der Waals surface area (Å²) in [6.07, 6.45) is 9.67. The minimum atomic E-state index is -0.751. The second-order valence-electron chi connectivity index (χ2n) is 8.35. The number of benzene rings is 2. The Balaban J connectivity index is 1.59. The molecule has 0 spiro atoms. The van der Waals surface area contributed by atoms with E-state index >= 15 is 0 Å². The third kappa shape index (κ3) is 3.76. The summed E-state index contributed by atoms with van der Waals surface area (Å²) in [7, 11) is 0. The molecule has 0 amide bonds. The maximum absolute atomic E-state index is 15.0. The molecule has 2 aliphatic carbocycles. The first-order chi connectivity index (χ1) is 13.6. The molecule has 28 heavy (non-hydrogen) atoms. The summed E-state index contributed by atoms with van der Waals surface area (Å²) in [5, 5.41) is 0. The number of allylic oxidation sites excluding steroid dienone is 1. The smallest absolute Gasteiger partial charge is 0.166 e. The molecule has 0 heterocycles. The number of hydrogen-bond acceptors (Lipinski definition) is 0. The average molecular weight is 384 g/mol. The van der Waals surface area contributed by atoms with Crippen molar-refractivity contribution < 1.29 is 13.2 Å². The van der Waals surface area contributed by atoms with E-state index in [0.717, 1.165) is 48.3 Å². The summed E-state index contributed by atoms with van der Waals surface area (Å²) >= 11 is 0. The van der Waals surface area contributed by atoms with Gasteiger partial charge in [-0.25, -0.2) is 13.2 Å². The van der Waals surface area contributed by atoms with Crippen molar-refractivity contribution in [3.05, 3.63) is 70.0 Å². The zero-order chi connectivity index (χ0) is 19.7. The molecule has 0 atom stereocenters. The summed E-state index contributed by atoms with van der Waals surface area (Å²) in [5.41, 5.74) is 3.40. The Hall–Kier alpha value is -2.03. The molecule has 2 aromatic rings. The van der Waals surface area contributed by atoms with E-state index in [1.165, 1.54) is 25.0 Å². The molecule has 0 unspecified atom stereocenters. The van der Waals surface area contributed by atoms with Crippen LogP contribution in [0.5, 0.6) is 0 Å². The number of halogens is 3. The molecule has 0 N–H and O–H groups in total. The molecule has 0 saturated heterocycles. The van der Waals surface area contributed by atoms with Crippen molar-refractivity contribution in [2.45, 2.75) is 64.2 Å². The van der Waals surface area contributed by atoms with Gasteiger partial charge < -0.3 is 0 Å². The van der Waals surface area contributed by atoms with Gasteiger partial charge in [-0.3, -0.25) is 0 Å². The lowest BCUT2D eigenvalue weighted by atomic mass is 9.76. The van der Waals surface area contributed by atoms with Crippen LogP contribution in [0.2, 0.25) is 0 Å². The van der Waals surface area contributed by atoms with Crippen LogP contribution >= 0.6 is 0 Å². The summed E-state index contributed by atoms with van der Waals surface area (Å²) in [5.74, 6) is -0.897. The third-order valence-electron chi connectivity index (χ3n) is 6.54. The second-order valence-corrected chi connectivity index (χ2v) is 8.35. The van der Waals surface area contributed by atoms with Gasteiger partial charge in [-0.15, -0.1) is 0 Å². The van der Waals surface area contributed by atoms with Gasteiger partial charge in [0.05, 0.1) is 0 Å². The molecule has 1 saturated carbocycles. The molecule has 1 fully saturated rings. The molecule has 0 aromatic heterocycles. The Labute approximate surface area is 165 Å². The molecule has 4 rings (SSSR count). The molecule has 2 aliphatic rings. The summed E-state index contributed by atoms with van der Waals surface area (Å²) in [6, 6.07) is 8.18. The molecule has 0 nitrogen and oxygen atoms in total. The molecule has 0 aliphatic heterocycles. The minimum absolute atomic E-state index is 0.117. The van der Waals surface area contributed by atoms with Crippen molar-refractivity contribution in [1.82, 2.24) is 0 Å². The molecule has 148 valence electrons. The Morgan fingerprint density at radius 3 is 2.43 bits per heavy atom. The van der Waals surface area contributed by atoms with Crippen LogP contribution in [0.15, 0.2) is 30.3 Å². The van der Waals surface area contributed by atoms with Gasteiger partial charge in [-0.05, 0) is 84.8 Å². The van der Waals surface area contributed by atoms with E-state index in [9.17, 15) is 13.2 Å². The highest BCUT2D eigenvalue weighted by atomic mass is 19.2. The summed E-state index contributed by atoms with van der Waals surface area (Å²) < 4.78 is 43.4. The first-order valence-electron chi connectivity index (χ1n) is 10.5. The SMILES string of the molecule is CCCC1CCC(c2ccc(C3=Cc4cc(F)ccc4CC3)c(F)c2F)CC1. The van der Waals surface area contributed by atoms with E-state index in [0.29, 0.717) is 24.0 Å². The molecular weight excluding hydrogens is 357 g/mol. The van der Waals surface area contributed by atoms with Gasteiger partial charge >= 0.3 is 0 Å². The van der Waals surface area contributed by atoms with E-state index in [1.54, 1.807) is 24.3 Å². The van der Waals surface area contributed by atoms with Gasteiger partial charge in [0.15, 0.2) is 11.6 Å². The van der Waals surface area contributed by atoms with Crippen molar-refractivity contribution in [3.8, 4) is 0 Å². The number of fused-ring (bicyclic) bond motifs is 1.